The van der Waals surface area contributed by atoms with Crippen LogP contribution in [0.15, 0.2) is 42.5 Å². The van der Waals surface area contributed by atoms with Crippen molar-refractivity contribution < 1.29 is 14.1 Å². The van der Waals surface area contributed by atoms with Crippen molar-refractivity contribution in [2.24, 2.45) is 0 Å². The maximum Gasteiger partial charge on any atom is 0.269 e. The normalized spacial score (nSPS) is 10.3. The molecule has 1 N–H and O–H groups in total. The van der Waals surface area contributed by atoms with E-state index in [9.17, 15) is 19.3 Å². The van der Waals surface area contributed by atoms with Crippen molar-refractivity contribution in [3.63, 3.8) is 0 Å². The number of non-ortho nitro benzene ring substituents is 1. The lowest BCUT2D eigenvalue weighted by atomic mass is 10.2. The predicted octanol–water partition coefficient (Wildman–Crippen LogP) is 3.51. The van der Waals surface area contributed by atoms with Crippen LogP contribution in [-0.2, 0) is 4.79 Å². The molecule has 0 atom stereocenters. The van der Waals surface area contributed by atoms with Gasteiger partial charge in [0, 0.05) is 30.1 Å². The Bertz CT molecular complexity index is 747. The number of nitro benzene ring substituents is 1. The number of hydrogen-bond donors (Lipinski definition) is 1. The molecule has 0 aliphatic heterocycles. The lowest BCUT2D eigenvalue weighted by Crippen LogP contribution is -2.33. The third-order valence-corrected chi connectivity index (χ3v) is 3.60. The van der Waals surface area contributed by atoms with Crippen molar-refractivity contribution >= 4 is 23.0 Å². The van der Waals surface area contributed by atoms with Crippen molar-refractivity contribution in [2.45, 2.75) is 13.8 Å². The van der Waals surface area contributed by atoms with Crippen LogP contribution in [0, 0.1) is 22.9 Å². The second-order valence-electron chi connectivity index (χ2n) is 5.30. The van der Waals surface area contributed by atoms with E-state index in [4.69, 9.17) is 0 Å². The molecule has 0 bridgehead atoms. The van der Waals surface area contributed by atoms with Gasteiger partial charge in [0.25, 0.3) is 5.69 Å². The summed E-state index contributed by atoms with van der Waals surface area (Å²) in [7, 11) is 0. The summed E-state index contributed by atoms with van der Waals surface area (Å²) in [5, 5.41) is 13.5. The number of nitro groups is 1. The molecule has 7 heteroatoms. The quantitative estimate of drug-likeness (QED) is 0.649. The Balaban J connectivity index is 2.06. The van der Waals surface area contributed by atoms with Gasteiger partial charge in [-0.05, 0) is 49.7 Å². The zero-order valence-electron chi connectivity index (χ0n) is 13.5. The van der Waals surface area contributed by atoms with Gasteiger partial charge in [0.2, 0.25) is 5.91 Å². The summed E-state index contributed by atoms with van der Waals surface area (Å²) < 4.78 is 13.0. The van der Waals surface area contributed by atoms with E-state index in [1.54, 1.807) is 24.0 Å². The molecular weight excluding hydrogens is 313 g/mol. The molecule has 2 aromatic rings. The Kier molecular flexibility index (Phi) is 5.47. The highest BCUT2D eigenvalue weighted by Crippen LogP contribution is 2.21. The fourth-order valence-corrected chi connectivity index (χ4v) is 2.30. The molecule has 24 heavy (non-hydrogen) atoms. The summed E-state index contributed by atoms with van der Waals surface area (Å²) in [5.74, 6) is -0.584. The Morgan fingerprint density at radius 1 is 1.25 bits per heavy atom. The van der Waals surface area contributed by atoms with Crippen molar-refractivity contribution in [3.05, 3.63) is 64.0 Å². The zero-order valence-corrected chi connectivity index (χ0v) is 13.5. The average molecular weight is 331 g/mol. The third-order valence-electron chi connectivity index (χ3n) is 3.60. The monoisotopic (exact) mass is 331 g/mol. The number of benzene rings is 2. The van der Waals surface area contributed by atoms with Crippen LogP contribution < -0.4 is 10.2 Å². The molecule has 2 aromatic carbocycles. The molecular formula is C17H18FN3O3. The molecule has 0 aliphatic rings. The van der Waals surface area contributed by atoms with Crippen LogP contribution >= 0.6 is 0 Å². The summed E-state index contributed by atoms with van der Waals surface area (Å²) in [6.45, 7) is 4.27. The molecule has 6 nitrogen and oxygen atoms in total. The molecule has 0 saturated carbocycles. The number of hydrogen-bond acceptors (Lipinski definition) is 4. The van der Waals surface area contributed by atoms with Crippen LogP contribution in [0.2, 0.25) is 0 Å². The molecule has 0 aromatic heterocycles. The van der Waals surface area contributed by atoms with Crippen LogP contribution in [0.3, 0.4) is 0 Å². The second-order valence-corrected chi connectivity index (χ2v) is 5.30. The minimum Gasteiger partial charge on any atom is -0.362 e. The number of anilines is 2. The van der Waals surface area contributed by atoms with Gasteiger partial charge >= 0.3 is 0 Å². The van der Waals surface area contributed by atoms with E-state index in [0.29, 0.717) is 17.8 Å². The van der Waals surface area contributed by atoms with Gasteiger partial charge in [-0.3, -0.25) is 14.9 Å². The van der Waals surface area contributed by atoms with Gasteiger partial charge in [0.1, 0.15) is 5.82 Å². The van der Waals surface area contributed by atoms with Crippen LogP contribution in [0.4, 0.5) is 21.5 Å². The molecule has 1 amide bonds. The average Bonchev–Trinajstić information content (AvgIpc) is 2.55. The molecule has 0 fully saturated rings. The largest absolute Gasteiger partial charge is 0.362 e. The SMILES string of the molecule is CCN(CC(=O)Nc1ccc([N+](=O)[O-])cc1C)c1ccc(F)cc1. The third kappa shape index (κ3) is 4.28. The van der Waals surface area contributed by atoms with Crippen LogP contribution in [0.25, 0.3) is 0 Å². The van der Waals surface area contributed by atoms with E-state index >= 15 is 0 Å². The molecule has 2 rings (SSSR count). The number of nitrogens with zero attached hydrogens (tertiary/aromatic N) is 2. The van der Waals surface area contributed by atoms with Gasteiger partial charge in [-0.1, -0.05) is 0 Å². The topological polar surface area (TPSA) is 75.5 Å². The molecule has 0 saturated heterocycles. The van der Waals surface area contributed by atoms with Crippen molar-refractivity contribution in [1.29, 1.82) is 0 Å². The molecule has 0 aliphatic carbocycles. The fourth-order valence-electron chi connectivity index (χ4n) is 2.30. The molecule has 0 radical (unpaired) electrons. The maximum atomic E-state index is 13.0. The van der Waals surface area contributed by atoms with E-state index in [1.165, 1.54) is 30.3 Å². The lowest BCUT2D eigenvalue weighted by molar-refractivity contribution is -0.384. The zero-order chi connectivity index (χ0) is 17.7. The van der Waals surface area contributed by atoms with E-state index in [0.717, 1.165) is 5.69 Å². The first-order valence-electron chi connectivity index (χ1n) is 7.46. The number of carbonyl (C=O) groups excluding carboxylic acids is 1. The number of likely N-dealkylation sites (N-methyl/N-ethyl adjacent to an activating group) is 1. The Hall–Kier alpha value is -2.96. The maximum absolute atomic E-state index is 13.0. The highest BCUT2D eigenvalue weighted by atomic mass is 19.1. The van der Waals surface area contributed by atoms with Crippen LogP contribution in [0.1, 0.15) is 12.5 Å². The number of halogens is 1. The first-order valence-corrected chi connectivity index (χ1v) is 7.46. The summed E-state index contributed by atoms with van der Waals surface area (Å²) >= 11 is 0. The standard InChI is InChI=1S/C17H18FN3O3/c1-3-20(14-6-4-13(18)5-7-14)11-17(22)19-16-9-8-15(21(23)24)10-12(16)2/h4-10H,3,11H2,1-2H3,(H,19,22). The van der Waals surface area contributed by atoms with Gasteiger partial charge < -0.3 is 10.2 Å². The summed E-state index contributed by atoms with van der Waals surface area (Å²) in [4.78, 5) is 24.3. The van der Waals surface area contributed by atoms with Crippen molar-refractivity contribution in [1.82, 2.24) is 0 Å². The van der Waals surface area contributed by atoms with E-state index in [1.807, 2.05) is 6.92 Å². The fraction of sp³-hybridized carbons (Fsp3) is 0.235. The Morgan fingerprint density at radius 3 is 2.46 bits per heavy atom. The van der Waals surface area contributed by atoms with Gasteiger partial charge in [-0.2, -0.15) is 0 Å². The second kappa shape index (κ2) is 7.54. The number of carbonyl (C=O) groups is 1. The van der Waals surface area contributed by atoms with Crippen LogP contribution in [0.5, 0.6) is 0 Å². The highest BCUT2D eigenvalue weighted by molar-refractivity contribution is 5.94. The first-order chi connectivity index (χ1) is 11.4. The number of rotatable bonds is 6. The first kappa shape index (κ1) is 17.4. The summed E-state index contributed by atoms with van der Waals surface area (Å²) in [6, 6.07) is 10.2. The number of nitrogens with one attached hydrogen (secondary N) is 1. The van der Waals surface area contributed by atoms with Crippen LogP contribution in [-0.4, -0.2) is 23.9 Å². The van der Waals surface area contributed by atoms with E-state index in [2.05, 4.69) is 5.32 Å². The molecule has 0 unspecified atom stereocenters. The van der Waals surface area contributed by atoms with Crippen molar-refractivity contribution in [2.75, 3.05) is 23.3 Å². The highest BCUT2D eigenvalue weighted by Gasteiger charge is 2.13. The number of aryl methyl sites for hydroxylation is 1. The lowest BCUT2D eigenvalue weighted by Gasteiger charge is -2.22. The minimum absolute atomic E-state index is 0.0213. The molecule has 0 heterocycles. The van der Waals surface area contributed by atoms with Gasteiger partial charge in [0.15, 0.2) is 0 Å². The van der Waals surface area contributed by atoms with E-state index < -0.39 is 4.92 Å². The predicted molar refractivity (Wildman–Crippen MR) is 90.8 cm³/mol. The summed E-state index contributed by atoms with van der Waals surface area (Å²) in [5.41, 5.74) is 1.87. The minimum atomic E-state index is -0.480. The summed E-state index contributed by atoms with van der Waals surface area (Å²) in [6.07, 6.45) is 0. The van der Waals surface area contributed by atoms with E-state index in [-0.39, 0.29) is 24.0 Å². The molecule has 0 spiro atoms. The number of amides is 1. The Labute approximate surface area is 139 Å². The smallest absolute Gasteiger partial charge is 0.269 e. The molecule has 126 valence electrons. The van der Waals surface area contributed by atoms with Gasteiger partial charge in [-0.25, -0.2) is 4.39 Å². The van der Waals surface area contributed by atoms with Crippen molar-refractivity contribution in [3.8, 4) is 0 Å². The van der Waals surface area contributed by atoms with Gasteiger partial charge in [0.05, 0.1) is 11.5 Å². The Morgan fingerprint density at radius 2 is 1.92 bits per heavy atom. The van der Waals surface area contributed by atoms with Gasteiger partial charge in [-0.15, -0.1) is 0 Å².